The van der Waals surface area contributed by atoms with Gasteiger partial charge in [-0.3, -0.25) is 4.79 Å². The molecule has 1 N–H and O–H groups in total. The Hall–Kier alpha value is -1.22. The molecule has 0 bridgehead atoms. The molecule has 0 spiro atoms. The van der Waals surface area contributed by atoms with E-state index in [-0.39, 0.29) is 6.42 Å². The Balaban J connectivity index is 3.32. The predicted octanol–water partition coefficient (Wildman–Crippen LogP) is 2.59. The van der Waals surface area contributed by atoms with Crippen LogP contribution in [0.3, 0.4) is 0 Å². The van der Waals surface area contributed by atoms with Crippen LogP contribution in [0, 0.1) is 13.8 Å². The number of carboxylic acid groups (broad SMARTS) is 1. The van der Waals surface area contributed by atoms with Gasteiger partial charge in [0, 0.05) is 5.02 Å². The molecule has 1 aromatic carbocycles. The molecule has 4 heteroatoms. The van der Waals surface area contributed by atoms with E-state index in [2.05, 4.69) is 0 Å². The van der Waals surface area contributed by atoms with Crippen LogP contribution < -0.4 is 4.74 Å². The number of aryl methyl sites for hydroxylation is 1. The SMILES string of the molecule is COc1c(C)cc(Cl)c(CC(=O)O)c1C. The largest absolute Gasteiger partial charge is 0.496 e. The second-order valence-corrected chi connectivity index (χ2v) is 3.79. The van der Waals surface area contributed by atoms with Crippen LogP contribution in [0.5, 0.6) is 5.75 Å². The molecule has 82 valence electrons. The van der Waals surface area contributed by atoms with Gasteiger partial charge in [0.2, 0.25) is 0 Å². The maximum absolute atomic E-state index is 10.7. The zero-order valence-electron chi connectivity index (χ0n) is 8.93. The quantitative estimate of drug-likeness (QED) is 0.865. The minimum Gasteiger partial charge on any atom is -0.496 e. The molecule has 3 nitrogen and oxygen atoms in total. The van der Waals surface area contributed by atoms with Gasteiger partial charge in [0.05, 0.1) is 13.5 Å². The Morgan fingerprint density at radius 3 is 2.60 bits per heavy atom. The first-order valence-corrected chi connectivity index (χ1v) is 4.89. The zero-order chi connectivity index (χ0) is 11.6. The number of benzene rings is 1. The molecule has 0 saturated carbocycles. The summed E-state index contributed by atoms with van der Waals surface area (Å²) in [5, 5.41) is 9.23. The number of methoxy groups -OCH3 is 1. The summed E-state index contributed by atoms with van der Waals surface area (Å²) in [6, 6.07) is 1.73. The van der Waals surface area contributed by atoms with E-state index in [9.17, 15) is 4.79 Å². The van der Waals surface area contributed by atoms with Gasteiger partial charge in [-0.2, -0.15) is 0 Å². The predicted molar refractivity (Wildman–Crippen MR) is 58.8 cm³/mol. The third-order valence-electron chi connectivity index (χ3n) is 2.32. The fourth-order valence-electron chi connectivity index (χ4n) is 1.64. The lowest BCUT2D eigenvalue weighted by Crippen LogP contribution is -2.05. The van der Waals surface area contributed by atoms with Crippen molar-refractivity contribution >= 4 is 17.6 Å². The fourth-order valence-corrected chi connectivity index (χ4v) is 2.01. The van der Waals surface area contributed by atoms with E-state index >= 15 is 0 Å². The molecule has 1 aromatic rings. The molecule has 0 aromatic heterocycles. The van der Waals surface area contributed by atoms with Gasteiger partial charge >= 0.3 is 5.97 Å². The molecule has 0 aliphatic heterocycles. The van der Waals surface area contributed by atoms with E-state index in [1.165, 1.54) is 0 Å². The minimum atomic E-state index is -0.897. The zero-order valence-corrected chi connectivity index (χ0v) is 9.68. The average molecular weight is 229 g/mol. The van der Waals surface area contributed by atoms with Crippen LogP contribution in [0.4, 0.5) is 0 Å². The van der Waals surface area contributed by atoms with E-state index in [0.29, 0.717) is 16.3 Å². The molecule has 0 aliphatic rings. The highest BCUT2D eigenvalue weighted by atomic mass is 35.5. The number of rotatable bonds is 3. The average Bonchev–Trinajstić information content (AvgIpc) is 2.12. The van der Waals surface area contributed by atoms with E-state index in [1.807, 2.05) is 13.8 Å². The topological polar surface area (TPSA) is 46.5 Å². The van der Waals surface area contributed by atoms with Crippen LogP contribution in [0.2, 0.25) is 5.02 Å². The summed E-state index contributed by atoms with van der Waals surface area (Å²) < 4.78 is 5.20. The number of hydrogen-bond acceptors (Lipinski definition) is 2. The number of carbonyl (C=O) groups is 1. The molecule has 0 radical (unpaired) electrons. The van der Waals surface area contributed by atoms with Crippen LogP contribution in [-0.4, -0.2) is 18.2 Å². The molecule has 0 aliphatic carbocycles. The van der Waals surface area contributed by atoms with Gasteiger partial charge in [0.15, 0.2) is 0 Å². The Morgan fingerprint density at radius 1 is 1.53 bits per heavy atom. The van der Waals surface area contributed by atoms with Crippen molar-refractivity contribution in [1.29, 1.82) is 0 Å². The number of carboxylic acids is 1. The van der Waals surface area contributed by atoms with Gasteiger partial charge in [0.25, 0.3) is 0 Å². The normalized spacial score (nSPS) is 10.1. The van der Waals surface area contributed by atoms with Crippen molar-refractivity contribution in [2.45, 2.75) is 20.3 Å². The number of aliphatic carboxylic acids is 1. The second kappa shape index (κ2) is 4.53. The van der Waals surface area contributed by atoms with Crippen molar-refractivity contribution in [1.82, 2.24) is 0 Å². The first kappa shape index (κ1) is 11.9. The van der Waals surface area contributed by atoms with Crippen molar-refractivity contribution in [2.24, 2.45) is 0 Å². The summed E-state index contributed by atoms with van der Waals surface area (Å²) in [4.78, 5) is 10.7. The smallest absolute Gasteiger partial charge is 0.307 e. The third kappa shape index (κ3) is 2.42. The van der Waals surface area contributed by atoms with Crippen molar-refractivity contribution in [3.8, 4) is 5.75 Å². The molecule has 0 amide bonds. The molecule has 15 heavy (non-hydrogen) atoms. The lowest BCUT2D eigenvalue weighted by atomic mass is 10.0. The van der Waals surface area contributed by atoms with Crippen LogP contribution in [0.1, 0.15) is 16.7 Å². The Labute approximate surface area is 93.6 Å². The van der Waals surface area contributed by atoms with Crippen LogP contribution in [0.15, 0.2) is 6.07 Å². The molecule has 0 unspecified atom stereocenters. The lowest BCUT2D eigenvalue weighted by Gasteiger charge is -2.13. The monoisotopic (exact) mass is 228 g/mol. The highest BCUT2D eigenvalue weighted by molar-refractivity contribution is 6.31. The first-order valence-electron chi connectivity index (χ1n) is 4.51. The van der Waals surface area contributed by atoms with Crippen LogP contribution >= 0.6 is 11.6 Å². The van der Waals surface area contributed by atoms with Gasteiger partial charge in [-0.05, 0) is 36.6 Å². The van der Waals surface area contributed by atoms with Crippen molar-refractivity contribution < 1.29 is 14.6 Å². The summed E-state index contributed by atoms with van der Waals surface area (Å²) in [7, 11) is 1.56. The van der Waals surface area contributed by atoms with Crippen molar-refractivity contribution in [3.05, 3.63) is 27.8 Å². The van der Waals surface area contributed by atoms with Gasteiger partial charge in [-0.25, -0.2) is 0 Å². The summed E-state index contributed by atoms with van der Waals surface area (Å²) >= 11 is 5.99. The lowest BCUT2D eigenvalue weighted by molar-refractivity contribution is -0.136. The summed E-state index contributed by atoms with van der Waals surface area (Å²) in [5.41, 5.74) is 2.32. The van der Waals surface area contributed by atoms with E-state index < -0.39 is 5.97 Å². The highest BCUT2D eigenvalue weighted by Crippen LogP contribution is 2.32. The Morgan fingerprint density at radius 2 is 2.13 bits per heavy atom. The molecule has 0 heterocycles. The van der Waals surface area contributed by atoms with Crippen LogP contribution in [0.25, 0.3) is 0 Å². The van der Waals surface area contributed by atoms with E-state index in [0.717, 1.165) is 11.1 Å². The maximum Gasteiger partial charge on any atom is 0.307 e. The molecule has 0 atom stereocenters. The maximum atomic E-state index is 10.7. The Kier molecular flexibility index (Phi) is 3.58. The summed E-state index contributed by atoms with van der Waals surface area (Å²) in [5.74, 6) is -0.193. The van der Waals surface area contributed by atoms with E-state index in [1.54, 1.807) is 13.2 Å². The molecular formula is C11H13ClO3. The Bertz CT molecular complexity index is 399. The van der Waals surface area contributed by atoms with Gasteiger partial charge in [-0.15, -0.1) is 0 Å². The summed E-state index contributed by atoms with van der Waals surface area (Å²) in [6.45, 7) is 3.69. The molecule has 0 saturated heterocycles. The molecule has 0 fully saturated rings. The summed E-state index contributed by atoms with van der Waals surface area (Å²) in [6.07, 6.45) is -0.0820. The van der Waals surface area contributed by atoms with E-state index in [4.69, 9.17) is 21.4 Å². The number of ether oxygens (including phenoxy) is 1. The standard InChI is InChI=1S/C11H13ClO3/c1-6-4-9(12)8(5-10(13)14)7(2)11(6)15-3/h4H,5H2,1-3H3,(H,13,14). The van der Waals surface area contributed by atoms with Gasteiger partial charge in [-0.1, -0.05) is 11.6 Å². The first-order chi connectivity index (χ1) is 6.97. The number of hydrogen-bond donors (Lipinski definition) is 1. The molecular weight excluding hydrogens is 216 g/mol. The van der Waals surface area contributed by atoms with Crippen molar-refractivity contribution in [3.63, 3.8) is 0 Å². The second-order valence-electron chi connectivity index (χ2n) is 3.38. The van der Waals surface area contributed by atoms with Gasteiger partial charge < -0.3 is 9.84 Å². The molecule has 1 rings (SSSR count). The minimum absolute atomic E-state index is 0.0820. The van der Waals surface area contributed by atoms with Crippen LogP contribution in [-0.2, 0) is 11.2 Å². The third-order valence-corrected chi connectivity index (χ3v) is 2.65. The number of halogens is 1. The fraction of sp³-hybridized carbons (Fsp3) is 0.364. The highest BCUT2D eigenvalue weighted by Gasteiger charge is 2.14. The van der Waals surface area contributed by atoms with Gasteiger partial charge in [0.1, 0.15) is 5.75 Å². The van der Waals surface area contributed by atoms with Crippen molar-refractivity contribution in [2.75, 3.05) is 7.11 Å².